The summed E-state index contributed by atoms with van der Waals surface area (Å²) in [7, 11) is 0. The third-order valence-corrected chi connectivity index (χ3v) is 3.87. The standard InChI is InChI=1S/C16H30N2O3/c1-3-9-14-10-7-5-4-6-8-11-15(19)18-12-17-13(2)16(20)21-14/h13-14,17H,3-12H2,1-2H3,(H,18,19). The van der Waals surface area contributed by atoms with Crippen molar-refractivity contribution in [2.75, 3.05) is 6.67 Å². The van der Waals surface area contributed by atoms with E-state index in [0.29, 0.717) is 13.1 Å². The highest BCUT2D eigenvalue weighted by molar-refractivity contribution is 5.76. The third-order valence-electron chi connectivity index (χ3n) is 3.87. The van der Waals surface area contributed by atoms with Crippen molar-refractivity contribution in [3.05, 3.63) is 0 Å². The maximum Gasteiger partial charge on any atom is 0.323 e. The molecule has 2 atom stereocenters. The lowest BCUT2D eigenvalue weighted by atomic mass is 10.0. The van der Waals surface area contributed by atoms with Gasteiger partial charge < -0.3 is 10.1 Å². The minimum atomic E-state index is -0.394. The first-order valence-electron chi connectivity index (χ1n) is 8.34. The fourth-order valence-electron chi connectivity index (χ4n) is 2.51. The molecule has 5 nitrogen and oxygen atoms in total. The lowest BCUT2D eigenvalue weighted by molar-refractivity contribution is -0.152. The number of amides is 1. The largest absolute Gasteiger partial charge is 0.461 e. The van der Waals surface area contributed by atoms with Crippen LogP contribution >= 0.6 is 0 Å². The van der Waals surface area contributed by atoms with Crippen molar-refractivity contribution in [1.29, 1.82) is 0 Å². The van der Waals surface area contributed by atoms with E-state index in [0.717, 1.165) is 51.4 Å². The summed E-state index contributed by atoms with van der Waals surface area (Å²) in [5.41, 5.74) is 0. The van der Waals surface area contributed by atoms with Gasteiger partial charge in [0.1, 0.15) is 12.1 Å². The topological polar surface area (TPSA) is 67.4 Å². The number of ether oxygens (including phenoxy) is 1. The smallest absolute Gasteiger partial charge is 0.323 e. The molecule has 0 aromatic rings. The van der Waals surface area contributed by atoms with E-state index in [1.807, 2.05) is 0 Å². The second kappa shape index (κ2) is 10.6. The Morgan fingerprint density at radius 2 is 1.86 bits per heavy atom. The van der Waals surface area contributed by atoms with Crippen LogP contribution in [0.1, 0.15) is 71.6 Å². The molecular weight excluding hydrogens is 268 g/mol. The maximum atomic E-state index is 12.0. The third kappa shape index (κ3) is 8.05. The lowest BCUT2D eigenvalue weighted by Gasteiger charge is -2.20. The van der Waals surface area contributed by atoms with Crippen LogP contribution in [0.5, 0.6) is 0 Å². The van der Waals surface area contributed by atoms with E-state index in [1.165, 1.54) is 0 Å². The zero-order chi connectivity index (χ0) is 15.5. The number of hydrogen-bond donors (Lipinski definition) is 2. The van der Waals surface area contributed by atoms with Gasteiger partial charge in [-0.1, -0.05) is 32.6 Å². The molecule has 5 heteroatoms. The van der Waals surface area contributed by atoms with Gasteiger partial charge in [0.25, 0.3) is 0 Å². The van der Waals surface area contributed by atoms with E-state index >= 15 is 0 Å². The number of hydrogen-bond acceptors (Lipinski definition) is 4. The molecule has 122 valence electrons. The van der Waals surface area contributed by atoms with E-state index in [9.17, 15) is 9.59 Å². The van der Waals surface area contributed by atoms with Gasteiger partial charge in [0.2, 0.25) is 5.91 Å². The predicted octanol–water partition coefficient (Wildman–Crippen LogP) is 2.49. The predicted molar refractivity (Wildman–Crippen MR) is 82.7 cm³/mol. The van der Waals surface area contributed by atoms with Crippen LogP contribution in [0.25, 0.3) is 0 Å². The average molecular weight is 298 g/mol. The molecule has 2 N–H and O–H groups in total. The summed E-state index contributed by atoms with van der Waals surface area (Å²) in [6, 6.07) is -0.394. The second-order valence-electron chi connectivity index (χ2n) is 5.86. The van der Waals surface area contributed by atoms with Crippen molar-refractivity contribution in [1.82, 2.24) is 10.6 Å². The summed E-state index contributed by atoms with van der Waals surface area (Å²) >= 11 is 0. The quantitative estimate of drug-likeness (QED) is 0.769. The zero-order valence-electron chi connectivity index (χ0n) is 13.5. The van der Waals surface area contributed by atoms with E-state index in [4.69, 9.17) is 4.74 Å². The van der Waals surface area contributed by atoms with E-state index in [-0.39, 0.29) is 18.0 Å². The van der Waals surface area contributed by atoms with Crippen LogP contribution in [0.2, 0.25) is 0 Å². The SMILES string of the molecule is CCCC1CCCCCCCC(=O)NCNC(C)C(=O)O1. The van der Waals surface area contributed by atoms with Crippen LogP contribution in [-0.2, 0) is 14.3 Å². The Morgan fingerprint density at radius 1 is 1.14 bits per heavy atom. The van der Waals surface area contributed by atoms with Crippen LogP contribution in [0.3, 0.4) is 0 Å². The first-order valence-corrected chi connectivity index (χ1v) is 8.34. The number of carbonyl (C=O) groups excluding carboxylic acids is 2. The van der Waals surface area contributed by atoms with Gasteiger partial charge in [-0.05, 0) is 32.6 Å². The van der Waals surface area contributed by atoms with E-state index in [2.05, 4.69) is 17.6 Å². The molecule has 0 bridgehead atoms. The molecule has 1 heterocycles. The van der Waals surface area contributed by atoms with Crippen molar-refractivity contribution in [3.63, 3.8) is 0 Å². The molecule has 1 amide bonds. The minimum Gasteiger partial charge on any atom is -0.461 e. The summed E-state index contributed by atoms with van der Waals surface area (Å²) in [6.07, 6.45) is 8.91. The summed E-state index contributed by atoms with van der Waals surface area (Å²) in [6.45, 7) is 4.20. The van der Waals surface area contributed by atoms with Gasteiger partial charge in [-0.3, -0.25) is 14.9 Å². The van der Waals surface area contributed by atoms with Gasteiger partial charge >= 0.3 is 5.97 Å². The Bertz CT molecular complexity index is 321. The minimum absolute atomic E-state index is 0.0338. The first kappa shape index (κ1) is 18.0. The van der Waals surface area contributed by atoms with Crippen molar-refractivity contribution in [2.24, 2.45) is 0 Å². The average Bonchev–Trinajstić information content (AvgIpc) is 2.45. The van der Waals surface area contributed by atoms with Crippen molar-refractivity contribution in [3.8, 4) is 0 Å². The van der Waals surface area contributed by atoms with Gasteiger partial charge in [-0.15, -0.1) is 0 Å². The highest BCUT2D eigenvalue weighted by atomic mass is 16.5. The number of rotatable bonds is 2. The van der Waals surface area contributed by atoms with Gasteiger partial charge in [-0.2, -0.15) is 0 Å². The molecule has 1 rings (SSSR count). The molecule has 0 aliphatic carbocycles. The molecule has 0 aromatic carbocycles. The zero-order valence-corrected chi connectivity index (χ0v) is 13.5. The Morgan fingerprint density at radius 3 is 2.62 bits per heavy atom. The van der Waals surface area contributed by atoms with Gasteiger partial charge in [0.15, 0.2) is 0 Å². The molecule has 0 spiro atoms. The number of cyclic esters (lactones) is 1. The summed E-state index contributed by atoms with van der Waals surface area (Å²) in [5, 5.41) is 5.77. The number of esters is 1. The lowest BCUT2D eigenvalue weighted by Crippen LogP contribution is -2.43. The molecule has 21 heavy (non-hydrogen) atoms. The van der Waals surface area contributed by atoms with Gasteiger partial charge in [0.05, 0.1) is 6.67 Å². The highest BCUT2D eigenvalue weighted by Gasteiger charge is 2.19. The van der Waals surface area contributed by atoms with Crippen LogP contribution in [-0.4, -0.2) is 30.7 Å². The van der Waals surface area contributed by atoms with E-state index in [1.54, 1.807) is 6.92 Å². The fraction of sp³-hybridized carbons (Fsp3) is 0.875. The summed E-state index contributed by atoms with van der Waals surface area (Å²) in [4.78, 5) is 23.6. The maximum absolute atomic E-state index is 12.0. The van der Waals surface area contributed by atoms with Crippen molar-refractivity contribution < 1.29 is 14.3 Å². The normalized spacial score (nSPS) is 27.1. The van der Waals surface area contributed by atoms with Crippen LogP contribution in [0, 0.1) is 0 Å². The molecule has 1 aliphatic heterocycles. The van der Waals surface area contributed by atoms with E-state index < -0.39 is 6.04 Å². The molecular formula is C16H30N2O3. The van der Waals surface area contributed by atoms with Crippen LogP contribution in [0.4, 0.5) is 0 Å². The Labute approximate surface area is 128 Å². The molecule has 1 aliphatic rings. The Balaban J connectivity index is 2.52. The van der Waals surface area contributed by atoms with Crippen molar-refractivity contribution >= 4 is 11.9 Å². The monoisotopic (exact) mass is 298 g/mol. The first-order chi connectivity index (χ1) is 10.1. The molecule has 0 saturated carbocycles. The Kier molecular flexibility index (Phi) is 9.06. The molecule has 1 fully saturated rings. The summed E-state index contributed by atoms with van der Waals surface area (Å²) in [5.74, 6) is -0.181. The highest BCUT2D eigenvalue weighted by Crippen LogP contribution is 2.15. The Hall–Kier alpha value is -1.10. The molecule has 0 aromatic heterocycles. The number of carbonyl (C=O) groups is 2. The number of nitrogens with one attached hydrogen (secondary N) is 2. The van der Waals surface area contributed by atoms with Crippen molar-refractivity contribution in [2.45, 2.75) is 83.8 Å². The van der Waals surface area contributed by atoms with Gasteiger partial charge in [-0.25, -0.2) is 0 Å². The fourth-order valence-corrected chi connectivity index (χ4v) is 2.51. The second-order valence-corrected chi connectivity index (χ2v) is 5.86. The molecule has 1 saturated heterocycles. The molecule has 0 radical (unpaired) electrons. The summed E-state index contributed by atoms with van der Waals surface area (Å²) < 4.78 is 5.59. The molecule has 2 unspecified atom stereocenters. The van der Waals surface area contributed by atoms with Crippen LogP contribution in [0.15, 0.2) is 0 Å². The van der Waals surface area contributed by atoms with Crippen LogP contribution < -0.4 is 10.6 Å². The van der Waals surface area contributed by atoms with Gasteiger partial charge in [0, 0.05) is 6.42 Å².